The van der Waals surface area contributed by atoms with Crippen molar-refractivity contribution in [1.29, 1.82) is 0 Å². The first-order chi connectivity index (χ1) is 7.55. The van der Waals surface area contributed by atoms with E-state index in [1.165, 1.54) is 0 Å². The van der Waals surface area contributed by atoms with Crippen molar-refractivity contribution in [2.24, 2.45) is 0 Å². The molecule has 92 valence electrons. The monoisotopic (exact) mass is 223 g/mol. The molecule has 0 aliphatic heterocycles. The van der Waals surface area contributed by atoms with Gasteiger partial charge in [0, 0.05) is 5.54 Å². The second kappa shape index (κ2) is 10.2. The third-order valence-electron chi connectivity index (χ3n) is 1.81. The highest BCUT2D eigenvalue weighted by molar-refractivity contribution is 5.48. The lowest BCUT2D eigenvalue weighted by molar-refractivity contribution is -0.110. The standard InChI is InChI=1S/C12H19NO.C2H6/c1-5-7-11(8-6-2)9-12(3,4)13-10-14;1-2/h5-8,10H,1,9H2,2-4H3,(H,13,14);1-2H3/b8-6-,11-7+;. The van der Waals surface area contributed by atoms with Crippen LogP contribution in [0.5, 0.6) is 0 Å². The predicted octanol–water partition coefficient (Wildman–Crippen LogP) is 3.62. The lowest BCUT2D eigenvalue weighted by Gasteiger charge is -2.24. The van der Waals surface area contributed by atoms with Crippen LogP contribution in [0, 0.1) is 0 Å². The summed E-state index contributed by atoms with van der Waals surface area (Å²) in [6.07, 6.45) is 9.24. The topological polar surface area (TPSA) is 29.1 Å². The van der Waals surface area contributed by atoms with E-state index in [-0.39, 0.29) is 5.54 Å². The lowest BCUT2D eigenvalue weighted by atomic mass is 9.94. The fourth-order valence-electron chi connectivity index (χ4n) is 1.26. The highest BCUT2D eigenvalue weighted by Gasteiger charge is 2.16. The van der Waals surface area contributed by atoms with Crippen LogP contribution < -0.4 is 5.32 Å². The maximum absolute atomic E-state index is 10.3. The van der Waals surface area contributed by atoms with Gasteiger partial charge in [0.2, 0.25) is 6.41 Å². The summed E-state index contributed by atoms with van der Waals surface area (Å²) in [4.78, 5) is 10.3. The number of nitrogens with one attached hydrogen (secondary N) is 1. The number of allylic oxidation sites excluding steroid dienone is 4. The maximum Gasteiger partial charge on any atom is 0.207 e. The number of carbonyl (C=O) groups is 1. The summed E-state index contributed by atoms with van der Waals surface area (Å²) in [6, 6.07) is 0. The number of carbonyl (C=O) groups excluding carboxylic acids is 1. The van der Waals surface area contributed by atoms with E-state index in [0.29, 0.717) is 0 Å². The second-order valence-electron chi connectivity index (χ2n) is 3.80. The number of hydrogen-bond acceptors (Lipinski definition) is 1. The summed E-state index contributed by atoms with van der Waals surface area (Å²) in [5.74, 6) is 0. The molecular formula is C14H25NO. The normalized spacial score (nSPS) is 11.7. The average Bonchev–Trinajstić information content (AvgIpc) is 2.20. The largest absolute Gasteiger partial charge is 0.353 e. The van der Waals surface area contributed by atoms with Gasteiger partial charge in [-0.3, -0.25) is 4.79 Å². The molecule has 0 fully saturated rings. The van der Waals surface area contributed by atoms with Crippen LogP contribution in [-0.4, -0.2) is 11.9 Å². The molecule has 0 atom stereocenters. The van der Waals surface area contributed by atoms with E-state index in [4.69, 9.17) is 0 Å². The molecule has 0 aromatic heterocycles. The molecule has 0 aliphatic rings. The fourth-order valence-corrected chi connectivity index (χ4v) is 1.26. The van der Waals surface area contributed by atoms with Gasteiger partial charge in [0.25, 0.3) is 0 Å². The Bertz CT molecular complexity index is 249. The van der Waals surface area contributed by atoms with Crippen molar-refractivity contribution in [2.45, 2.75) is 46.6 Å². The SMILES string of the molecule is C=C/C=C(\C=C/C)CC(C)(C)NC=O.CC. The Labute approximate surface area is 100 Å². The molecule has 0 radical (unpaired) electrons. The van der Waals surface area contributed by atoms with Crippen molar-refractivity contribution >= 4 is 6.41 Å². The van der Waals surface area contributed by atoms with E-state index in [9.17, 15) is 4.79 Å². The zero-order valence-corrected chi connectivity index (χ0v) is 11.2. The Kier molecular flexibility index (Phi) is 10.9. The smallest absolute Gasteiger partial charge is 0.207 e. The molecule has 0 heterocycles. The molecule has 16 heavy (non-hydrogen) atoms. The minimum Gasteiger partial charge on any atom is -0.353 e. The molecule has 0 unspecified atom stereocenters. The highest BCUT2D eigenvalue weighted by Crippen LogP contribution is 2.16. The molecular weight excluding hydrogens is 198 g/mol. The fraction of sp³-hybridized carbons (Fsp3) is 0.500. The number of amides is 1. The third kappa shape index (κ3) is 9.25. The first-order valence-corrected chi connectivity index (χ1v) is 5.71. The van der Waals surface area contributed by atoms with E-state index in [1.54, 1.807) is 6.08 Å². The number of rotatable bonds is 6. The van der Waals surface area contributed by atoms with Gasteiger partial charge in [-0.05, 0) is 32.8 Å². The zero-order valence-electron chi connectivity index (χ0n) is 11.2. The highest BCUT2D eigenvalue weighted by atomic mass is 16.1. The van der Waals surface area contributed by atoms with Gasteiger partial charge >= 0.3 is 0 Å². The van der Waals surface area contributed by atoms with Crippen molar-refractivity contribution in [3.05, 3.63) is 36.5 Å². The summed E-state index contributed by atoms with van der Waals surface area (Å²) in [6.45, 7) is 13.6. The van der Waals surface area contributed by atoms with Crippen LogP contribution in [0.1, 0.15) is 41.0 Å². The van der Waals surface area contributed by atoms with Gasteiger partial charge in [0.1, 0.15) is 0 Å². The molecule has 1 amide bonds. The molecule has 1 N–H and O–H groups in total. The van der Waals surface area contributed by atoms with Crippen LogP contribution in [0.4, 0.5) is 0 Å². The lowest BCUT2D eigenvalue weighted by Crippen LogP contribution is -2.38. The Hall–Kier alpha value is -1.31. The van der Waals surface area contributed by atoms with Gasteiger partial charge in [0.05, 0.1) is 0 Å². The molecule has 0 spiro atoms. The molecule has 0 saturated heterocycles. The van der Waals surface area contributed by atoms with Crippen molar-refractivity contribution < 1.29 is 4.79 Å². The minimum absolute atomic E-state index is 0.212. The first-order valence-electron chi connectivity index (χ1n) is 5.71. The third-order valence-corrected chi connectivity index (χ3v) is 1.81. The zero-order chi connectivity index (χ0) is 13.0. The van der Waals surface area contributed by atoms with Crippen molar-refractivity contribution in [3.63, 3.8) is 0 Å². The van der Waals surface area contributed by atoms with Gasteiger partial charge in [-0.1, -0.05) is 44.7 Å². The molecule has 0 aromatic rings. The predicted molar refractivity (Wildman–Crippen MR) is 72.3 cm³/mol. The minimum atomic E-state index is -0.212. The van der Waals surface area contributed by atoms with Crippen LogP contribution in [0.3, 0.4) is 0 Å². The van der Waals surface area contributed by atoms with Crippen molar-refractivity contribution in [1.82, 2.24) is 5.32 Å². The Balaban J connectivity index is 0. The summed E-state index contributed by atoms with van der Waals surface area (Å²) in [5, 5.41) is 2.78. The van der Waals surface area contributed by atoms with Gasteiger partial charge < -0.3 is 5.32 Å². The molecule has 0 rings (SSSR count). The van der Waals surface area contributed by atoms with Crippen LogP contribution in [-0.2, 0) is 4.79 Å². The first kappa shape index (κ1) is 17.1. The summed E-state index contributed by atoms with van der Waals surface area (Å²) < 4.78 is 0. The Morgan fingerprint density at radius 3 is 2.31 bits per heavy atom. The van der Waals surface area contributed by atoms with Gasteiger partial charge in [-0.15, -0.1) is 0 Å². The second-order valence-corrected chi connectivity index (χ2v) is 3.80. The van der Waals surface area contributed by atoms with E-state index in [1.807, 2.05) is 52.8 Å². The van der Waals surface area contributed by atoms with E-state index < -0.39 is 0 Å². The van der Waals surface area contributed by atoms with Crippen molar-refractivity contribution in [3.8, 4) is 0 Å². The van der Waals surface area contributed by atoms with Gasteiger partial charge in [0.15, 0.2) is 0 Å². The Morgan fingerprint density at radius 2 is 1.94 bits per heavy atom. The van der Waals surface area contributed by atoms with Crippen LogP contribution in [0.25, 0.3) is 0 Å². The van der Waals surface area contributed by atoms with E-state index in [0.717, 1.165) is 18.4 Å². The van der Waals surface area contributed by atoms with Gasteiger partial charge in [-0.2, -0.15) is 0 Å². The molecule has 0 aromatic carbocycles. The molecule has 0 saturated carbocycles. The van der Waals surface area contributed by atoms with Crippen molar-refractivity contribution in [2.75, 3.05) is 0 Å². The molecule has 2 heteroatoms. The van der Waals surface area contributed by atoms with Gasteiger partial charge in [-0.25, -0.2) is 0 Å². The summed E-state index contributed by atoms with van der Waals surface area (Å²) >= 11 is 0. The summed E-state index contributed by atoms with van der Waals surface area (Å²) in [5.41, 5.74) is 0.942. The molecule has 0 bridgehead atoms. The molecule has 0 aliphatic carbocycles. The Morgan fingerprint density at radius 1 is 1.38 bits per heavy atom. The molecule has 2 nitrogen and oxygen atoms in total. The van der Waals surface area contributed by atoms with E-state index >= 15 is 0 Å². The van der Waals surface area contributed by atoms with Crippen LogP contribution in [0.15, 0.2) is 36.5 Å². The quantitative estimate of drug-likeness (QED) is 0.541. The maximum atomic E-state index is 10.3. The van der Waals surface area contributed by atoms with E-state index in [2.05, 4.69) is 11.9 Å². The average molecular weight is 223 g/mol. The number of hydrogen-bond donors (Lipinski definition) is 1. The summed E-state index contributed by atoms with van der Waals surface area (Å²) in [7, 11) is 0. The van der Waals surface area contributed by atoms with Crippen LogP contribution >= 0.6 is 0 Å². The van der Waals surface area contributed by atoms with Crippen LogP contribution in [0.2, 0.25) is 0 Å².